The fourth-order valence-corrected chi connectivity index (χ4v) is 4.52. The number of carbonyl (C=O) groups is 2. The minimum absolute atomic E-state index is 0.232. The molecule has 0 aliphatic carbocycles. The first kappa shape index (κ1) is 40.2. The van der Waals surface area contributed by atoms with Crippen molar-refractivity contribution < 1.29 is 22.8 Å². The number of carbonyl (C=O) groups excluding carboxylic acids is 2. The van der Waals surface area contributed by atoms with Crippen LogP contribution in [-0.4, -0.2) is 30.6 Å². The number of amides is 2. The number of hydrogen-bond acceptors (Lipinski definition) is 2. The molecule has 0 aromatic heterocycles. The molecule has 244 valence electrons. The Morgan fingerprint density at radius 3 is 1.77 bits per heavy atom. The van der Waals surface area contributed by atoms with Gasteiger partial charge in [-0.15, -0.1) is 0 Å². The Hall–Kier alpha value is -2.83. The van der Waals surface area contributed by atoms with Crippen LogP contribution in [0.1, 0.15) is 128 Å². The summed E-state index contributed by atoms with van der Waals surface area (Å²) in [6.45, 7) is 13.6. The molecule has 0 aliphatic heterocycles. The van der Waals surface area contributed by atoms with Crippen LogP contribution in [0.2, 0.25) is 0 Å². The molecule has 1 unspecified atom stereocenters. The Kier molecular flexibility index (Phi) is 22.1. The number of unbranched alkanes of at least 4 members (excludes halogenated alkanes) is 3. The van der Waals surface area contributed by atoms with Crippen molar-refractivity contribution in [2.45, 2.75) is 131 Å². The molecule has 0 spiro atoms. The van der Waals surface area contributed by atoms with Gasteiger partial charge in [-0.2, -0.15) is 13.2 Å². The quantitative estimate of drug-likeness (QED) is 0.198. The molecule has 0 fully saturated rings. The van der Waals surface area contributed by atoms with Gasteiger partial charge in [-0.3, -0.25) is 9.59 Å². The van der Waals surface area contributed by atoms with Crippen molar-refractivity contribution in [3.05, 3.63) is 71.3 Å². The van der Waals surface area contributed by atoms with Crippen LogP contribution in [-0.2, 0) is 9.59 Å². The summed E-state index contributed by atoms with van der Waals surface area (Å²) in [6.07, 6.45) is 7.31. The Labute approximate surface area is 259 Å². The third-order valence-corrected chi connectivity index (χ3v) is 6.90. The molecule has 0 heterocycles. The van der Waals surface area contributed by atoms with Gasteiger partial charge in [0.25, 0.3) is 0 Å². The molecule has 7 heteroatoms. The van der Waals surface area contributed by atoms with Crippen molar-refractivity contribution in [2.75, 3.05) is 6.54 Å². The van der Waals surface area contributed by atoms with E-state index in [2.05, 4.69) is 46.9 Å². The molecule has 2 aromatic rings. The smallest absolute Gasteiger partial charge is 0.353 e. The van der Waals surface area contributed by atoms with Crippen LogP contribution in [0, 0.1) is 12.8 Å². The van der Waals surface area contributed by atoms with E-state index in [0.717, 1.165) is 37.7 Å². The van der Waals surface area contributed by atoms with E-state index in [-0.39, 0.29) is 5.91 Å². The van der Waals surface area contributed by atoms with Crippen molar-refractivity contribution in [3.63, 3.8) is 0 Å². The van der Waals surface area contributed by atoms with Crippen LogP contribution in [0.5, 0.6) is 0 Å². The van der Waals surface area contributed by atoms with Gasteiger partial charge >= 0.3 is 6.18 Å². The highest BCUT2D eigenvalue weighted by Crippen LogP contribution is 2.28. The highest BCUT2D eigenvalue weighted by Gasteiger charge is 2.31. The number of aryl methyl sites for hydroxylation is 1. The van der Waals surface area contributed by atoms with Gasteiger partial charge < -0.3 is 10.6 Å². The Morgan fingerprint density at radius 2 is 1.30 bits per heavy atom. The summed E-state index contributed by atoms with van der Waals surface area (Å²) >= 11 is 0. The molecule has 0 radical (unpaired) electrons. The zero-order valence-electron chi connectivity index (χ0n) is 27.7. The van der Waals surface area contributed by atoms with Crippen molar-refractivity contribution in [1.82, 2.24) is 10.6 Å². The summed E-state index contributed by atoms with van der Waals surface area (Å²) in [7, 11) is 0. The second-order valence-corrected chi connectivity index (χ2v) is 11.5. The van der Waals surface area contributed by atoms with Crippen molar-refractivity contribution >= 4 is 11.8 Å². The van der Waals surface area contributed by atoms with E-state index in [1.807, 2.05) is 24.4 Å². The molecule has 1 atom stereocenters. The van der Waals surface area contributed by atoms with Crippen LogP contribution >= 0.6 is 0 Å². The minimum atomic E-state index is -4.43. The normalized spacial score (nSPS) is 11.6. The SMILES string of the molecule is CCCC(CCC)NC(=O)CCC(C)C.CCCCCC.Cc1ccccc1C(C(=O)NCC(F)(F)F)c1ccccc1. The van der Waals surface area contributed by atoms with Crippen molar-refractivity contribution in [3.8, 4) is 0 Å². The van der Waals surface area contributed by atoms with Gasteiger partial charge in [-0.05, 0) is 48.8 Å². The van der Waals surface area contributed by atoms with E-state index in [1.165, 1.54) is 25.7 Å². The van der Waals surface area contributed by atoms with Crippen LogP contribution < -0.4 is 10.6 Å². The summed E-state index contributed by atoms with van der Waals surface area (Å²) < 4.78 is 37.0. The molecule has 0 aliphatic rings. The molecule has 2 N–H and O–H groups in total. The van der Waals surface area contributed by atoms with Crippen LogP contribution in [0.25, 0.3) is 0 Å². The first-order valence-corrected chi connectivity index (χ1v) is 16.1. The fraction of sp³-hybridized carbons (Fsp3) is 0.611. The monoisotopic (exact) mass is 606 g/mol. The second-order valence-electron chi connectivity index (χ2n) is 11.5. The van der Waals surface area contributed by atoms with E-state index < -0.39 is 24.5 Å². The molecule has 0 bridgehead atoms. The average Bonchev–Trinajstić information content (AvgIpc) is 2.96. The largest absolute Gasteiger partial charge is 0.405 e. The van der Waals surface area contributed by atoms with E-state index in [4.69, 9.17) is 0 Å². The number of benzene rings is 2. The Bertz CT molecular complexity index is 983. The first-order chi connectivity index (χ1) is 20.4. The minimum Gasteiger partial charge on any atom is -0.353 e. The van der Waals surface area contributed by atoms with Crippen LogP contribution in [0.3, 0.4) is 0 Å². The highest BCUT2D eigenvalue weighted by molar-refractivity contribution is 5.87. The summed E-state index contributed by atoms with van der Waals surface area (Å²) in [5, 5.41) is 5.12. The lowest BCUT2D eigenvalue weighted by Crippen LogP contribution is -2.37. The maximum absolute atomic E-state index is 12.3. The lowest BCUT2D eigenvalue weighted by molar-refractivity contribution is -0.138. The number of alkyl halides is 3. The molecular formula is C36H57F3N2O2. The molecular weight excluding hydrogens is 549 g/mol. The lowest BCUT2D eigenvalue weighted by atomic mass is 9.88. The molecule has 0 saturated carbocycles. The summed E-state index contributed by atoms with van der Waals surface area (Å²) in [5.74, 6) is -0.565. The zero-order valence-corrected chi connectivity index (χ0v) is 27.7. The molecule has 2 amide bonds. The lowest BCUT2D eigenvalue weighted by Gasteiger charge is -2.20. The van der Waals surface area contributed by atoms with Crippen LogP contribution in [0.4, 0.5) is 13.2 Å². The Morgan fingerprint density at radius 1 is 0.767 bits per heavy atom. The number of rotatable bonds is 15. The Balaban J connectivity index is 0.000000727. The molecule has 2 aromatic carbocycles. The number of halogens is 3. The van der Waals surface area contributed by atoms with E-state index in [1.54, 1.807) is 42.5 Å². The maximum Gasteiger partial charge on any atom is 0.405 e. The second kappa shape index (κ2) is 23.6. The molecule has 0 saturated heterocycles. The number of nitrogens with one attached hydrogen (secondary N) is 2. The summed E-state index contributed by atoms with van der Waals surface area (Å²) in [4.78, 5) is 23.9. The van der Waals surface area contributed by atoms with Gasteiger partial charge in [-0.25, -0.2) is 0 Å². The van der Waals surface area contributed by atoms with E-state index in [0.29, 0.717) is 29.5 Å². The molecule has 2 rings (SSSR count). The summed E-state index contributed by atoms with van der Waals surface area (Å²) in [6, 6.07) is 16.4. The fourth-order valence-electron chi connectivity index (χ4n) is 4.52. The third kappa shape index (κ3) is 19.9. The van der Waals surface area contributed by atoms with Crippen LogP contribution in [0.15, 0.2) is 54.6 Å². The van der Waals surface area contributed by atoms with Crippen molar-refractivity contribution in [1.29, 1.82) is 0 Å². The third-order valence-electron chi connectivity index (χ3n) is 6.90. The topological polar surface area (TPSA) is 58.2 Å². The predicted molar refractivity (Wildman–Crippen MR) is 174 cm³/mol. The van der Waals surface area contributed by atoms with Gasteiger partial charge in [-0.1, -0.05) is 135 Å². The van der Waals surface area contributed by atoms with Crippen molar-refractivity contribution in [2.24, 2.45) is 5.92 Å². The molecule has 43 heavy (non-hydrogen) atoms. The van der Waals surface area contributed by atoms with E-state index in [9.17, 15) is 22.8 Å². The summed E-state index contributed by atoms with van der Waals surface area (Å²) in [5.41, 5.74) is 2.23. The van der Waals surface area contributed by atoms with E-state index >= 15 is 0 Å². The predicted octanol–water partition coefficient (Wildman–Crippen LogP) is 9.90. The van der Waals surface area contributed by atoms with Gasteiger partial charge in [0.2, 0.25) is 11.8 Å². The number of hydrogen-bond donors (Lipinski definition) is 2. The van der Waals surface area contributed by atoms with Gasteiger partial charge in [0, 0.05) is 12.5 Å². The maximum atomic E-state index is 12.3. The highest BCUT2D eigenvalue weighted by atomic mass is 19.4. The standard InChI is InChI=1S/C17H16F3NO.C13H27NO.C6H14/c1-12-7-5-6-10-14(12)15(13-8-3-2-4-9-13)16(22)21-11-17(18,19)20;1-5-7-12(8-6-2)14-13(15)10-9-11(3)4;1-3-5-6-4-2/h2-10,15H,11H2,1H3,(H,21,22);11-12H,5-10H2,1-4H3,(H,14,15);3-6H2,1-2H3. The van der Waals surface area contributed by atoms with Gasteiger partial charge in [0.1, 0.15) is 6.54 Å². The van der Waals surface area contributed by atoms with Gasteiger partial charge in [0.05, 0.1) is 5.92 Å². The average molecular weight is 607 g/mol. The molecule has 4 nitrogen and oxygen atoms in total. The first-order valence-electron chi connectivity index (χ1n) is 16.1. The van der Waals surface area contributed by atoms with Gasteiger partial charge in [0.15, 0.2) is 0 Å². The zero-order chi connectivity index (χ0) is 32.7.